The molecule has 0 N–H and O–H groups in total. The lowest BCUT2D eigenvalue weighted by Crippen LogP contribution is -2.36. The summed E-state index contributed by atoms with van der Waals surface area (Å²) >= 11 is 0. The largest absolute Gasteiger partial charge is 0.457 e. The van der Waals surface area contributed by atoms with Crippen LogP contribution in [0.5, 0.6) is 11.5 Å². The molecule has 14 rings (SSSR count). The molecule has 0 unspecified atom stereocenters. The molecule has 0 fully saturated rings. The zero-order chi connectivity index (χ0) is 43.0. The molecule has 1 aromatic heterocycles. The molecule has 11 aromatic rings. The van der Waals surface area contributed by atoms with Crippen LogP contribution in [0, 0.1) is 0 Å². The Morgan fingerprint density at radius 2 is 0.954 bits per heavy atom. The van der Waals surface area contributed by atoms with E-state index in [1.54, 1.807) is 0 Å². The van der Waals surface area contributed by atoms with Crippen molar-refractivity contribution in [3.05, 3.63) is 252 Å². The Kier molecular flexibility index (Phi) is 7.38. The van der Waals surface area contributed by atoms with Gasteiger partial charge in [-0.1, -0.05) is 166 Å². The maximum Gasteiger partial charge on any atom is 0.132 e. The first kappa shape index (κ1) is 36.4. The summed E-state index contributed by atoms with van der Waals surface area (Å²) in [7, 11) is 0. The van der Waals surface area contributed by atoms with Crippen molar-refractivity contribution in [2.24, 2.45) is 0 Å². The maximum absolute atomic E-state index is 6.81. The van der Waals surface area contributed by atoms with Crippen LogP contribution in [0.3, 0.4) is 0 Å². The van der Waals surface area contributed by atoms with E-state index in [0.717, 1.165) is 50.9 Å². The van der Waals surface area contributed by atoms with Gasteiger partial charge in [0.15, 0.2) is 0 Å². The van der Waals surface area contributed by atoms with E-state index in [2.05, 4.69) is 242 Å². The fraction of sp³-hybridized carbons (Fsp3) is 0.0645. The number of rotatable bonds is 4. The third-order valence-electron chi connectivity index (χ3n) is 14.8. The molecule has 2 heterocycles. The highest BCUT2D eigenvalue weighted by molar-refractivity contribution is 6.11. The van der Waals surface area contributed by atoms with Gasteiger partial charge in [0.1, 0.15) is 11.5 Å². The molecule has 0 saturated carbocycles. The average Bonchev–Trinajstić information content (AvgIpc) is 3.80. The summed E-state index contributed by atoms with van der Waals surface area (Å²) in [6.45, 7) is 4.71. The summed E-state index contributed by atoms with van der Waals surface area (Å²) in [5.74, 6) is 1.77. The van der Waals surface area contributed by atoms with Crippen LogP contribution in [0.2, 0.25) is 0 Å². The van der Waals surface area contributed by atoms with E-state index in [1.165, 1.54) is 71.6 Å². The molecule has 1 spiro atoms. The predicted molar refractivity (Wildman–Crippen MR) is 268 cm³/mol. The molecule has 1 aliphatic heterocycles. The van der Waals surface area contributed by atoms with E-state index < -0.39 is 5.41 Å². The van der Waals surface area contributed by atoms with E-state index in [9.17, 15) is 0 Å². The maximum atomic E-state index is 6.81. The topological polar surface area (TPSA) is 17.4 Å². The van der Waals surface area contributed by atoms with Gasteiger partial charge < -0.3 is 14.2 Å². The van der Waals surface area contributed by atoms with Crippen molar-refractivity contribution in [1.29, 1.82) is 0 Å². The summed E-state index contributed by atoms with van der Waals surface area (Å²) in [5, 5.41) is 4.99. The first-order valence-corrected chi connectivity index (χ1v) is 22.7. The van der Waals surface area contributed by atoms with Crippen LogP contribution >= 0.6 is 0 Å². The average molecular weight is 831 g/mol. The van der Waals surface area contributed by atoms with Gasteiger partial charge in [-0.2, -0.15) is 0 Å². The number of hydrogen-bond donors (Lipinski definition) is 0. The first-order chi connectivity index (χ1) is 32.0. The Morgan fingerprint density at radius 3 is 1.77 bits per heavy atom. The minimum absolute atomic E-state index is 0.110. The zero-order valence-corrected chi connectivity index (χ0v) is 36.1. The highest BCUT2D eigenvalue weighted by atomic mass is 16.5. The number of nitrogens with zero attached hydrogens (tertiary/aromatic N) is 2. The normalized spacial score (nSPS) is 14.4. The Hall–Kier alpha value is -8.14. The zero-order valence-electron chi connectivity index (χ0n) is 36.1. The predicted octanol–water partition coefficient (Wildman–Crippen LogP) is 16.2. The molecule has 0 bridgehead atoms. The SMILES string of the molecule is CC1(C)c2ccccc2-c2cc(N(c3ccc4c(c3)C3(c5ccccc5Oc5ccccc53)c3cccc5cccc-4c35)c3ccc4c5ccccc5n(-c5ccccc5)c4c3)ccc21. The van der Waals surface area contributed by atoms with Crippen LogP contribution < -0.4 is 9.64 Å². The van der Waals surface area contributed by atoms with Gasteiger partial charge in [-0.15, -0.1) is 0 Å². The number of anilines is 3. The summed E-state index contributed by atoms with van der Waals surface area (Å²) in [5.41, 5.74) is 18.6. The molecule has 2 aliphatic carbocycles. The van der Waals surface area contributed by atoms with Gasteiger partial charge in [-0.25, -0.2) is 0 Å². The number of ether oxygens (including phenoxy) is 1. The summed E-state index contributed by atoms with van der Waals surface area (Å²) in [4.78, 5) is 2.49. The van der Waals surface area contributed by atoms with Gasteiger partial charge in [0.25, 0.3) is 0 Å². The van der Waals surface area contributed by atoms with E-state index in [1.807, 2.05) is 0 Å². The van der Waals surface area contributed by atoms with Gasteiger partial charge in [-0.05, 0) is 122 Å². The number of benzene rings is 10. The fourth-order valence-electron chi connectivity index (χ4n) is 12.1. The molecular formula is C62H42N2O. The monoisotopic (exact) mass is 830 g/mol. The lowest BCUT2D eigenvalue weighted by molar-refractivity contribution is 0.435. The van der Waals surface area contributed by atoms with Crippen molar-refractivity contribution < 1.29 is 4.74 Å². The molecule has 10 aromatic carbocycles. The van der Waals surface area contributed by atoms with Crippen LogP contribution in [-0.2, 0) is 10.8 Å². The van der Waals surface area contributed by atoms with Crippen molar-refractivity contribution in [1.82, 2.24) is 4.57 Å². The van der Waals surface area contributed by atoms with E-state index in [0.29, 0.717) is 0 Å². The summed E-state index contributed by atoms with van der Waals surface area (Å²) < 4.78 is 9.23. The number of aromatic nitrogens is 1. The van der Waals surface area contributed by atoms with Crippen LogP contribution in [-0.4, -0.2) is 4.57 Å². The number of para-hydroxylation sites is 4. The van der Waals surface area contributed by atoms with Crippen LogP contribution in [0.1, 0.15) is 47.2 Å². The highest BCUT2D eigenvalue weighted by Crippen LogP contribution is 2.62. The molecule has 3 nitrogen and oxygen atoms in total. The van der Waals surface area contributed by atoms with Gasteiger partial charge in [0.05, 0.1) is 16.4 Å². The third-order valence-corrected chi connectivity index (χ3v) is 14.8. The molecule has 65 heavy (non-hydrogen) atoms. The lowest BCUT2D eigenvalue weighted by Gasteiger charge is -2.45. The Morgan fingerprint density at radius 1 is 0.385 bits per heavy atom. The number of fused-ring (bicyclic) bond motifs is 14. The third kappa shape index (κ3) is 4.85. The quantitative estimate of drug-likeness (QED) is 0.176. The van der Waals surface area contributed by atoms with Crippen molar-refractivity contribution in [2.45, 2.75) is 24.7 Å². The standard InChI is InChI=1S/C62H42N2O/c1-61(2)50-23-8-6-20-44(50)49-36-41(32-35-51(49)61)63(43-31-34-47-46-21-7-11-27-56(46)64(57(47)38-43)40-18-4-3-5-19-40)42-30-33-45-48-22-14-16-39-17-15-26-54(60(39)48)62(55(45)37-42)52-24-9-12-28-58(52)65-59-29-13-10-25-53(59)62/h3-38H,1-2H3. The second-order valence-corrected chi connectivity index (χ2v) is 18.4. The van der Waals surface area contributed by atoms with Crippen LogP contribution in [0.4, 0.5) is 17.1 Å². The van der Waals surface area contributed by atoms with Gasteiger partial charge in [0.2, 0.25) is 0 Å². The van der Waals surface area contributed by atoms with Gasteiger partial charge in [-0.3, -0.25) is 0 Å². The first-order valence-electron chi connectivity index (χ1n) is 22.7. The van der Waals surface area contributed by atoms with Crippen molar-refractivity contribution in [2.75, 3.05) is 4.90 Å². The smallest absolute Gasteiger partial charge is 0.132 e. The second kappa shape index (κ2) is 13.2. The Bertz CT molecular complexity index is 3750. The minimum atomic E-state index is -0.666. The molecule has 3 heteroatoms. The molecule has 0 atom stereocenters. The fourth-order valence-corrected chi connectivity index (χ4v) is 12.1. The lowest BCUT2D eigenvalue weighted by atomic mass is 9.58. The molecule has 0 amide bonds. The molecule has 306 valence electrons. The molecule has 3 aliphatic rings. The molecule has 0 radical (unpaired) electrons. The highest BCUT2D eigenvalue weighted by Gasteiger charge is 2.49. The van der Waals surface area contributed by atoms with Crippen molar-refractivity contribution >= 4 is 49.6 Å². The molecule has 0 saturated heterocycles. The van der Waals surface area contributed by atoms with E-state index in [-0.39, 0.29) is 5.41 Å². The second-order valence-electron chi connectivity index (χ2n) is 18.4. The van der Waals surface area contributed by atoms with E-state index >= 15 is 0 Å². The summed E-state index contributed by atoms with van der Waals surface area (Å²) in [6.07, 6.45) is 0. The van der Waals surface area contributed by atoms with Crippen molar-refractivity contribution in [3.63, 3.8) is 0 Å². The van der Waals surface area contributed by atoms with Crippen LogP contribution in [0.25, 0.3) is 60.5 Å². The van der Waals surface area contributed by atoms with Crippen LogP contribution in [0.15, 0.2) is 218 Å². The van der Waals surface area contributed by atoms with Gasteiger partial charge in [0, 0.05) is 50.1 Å². The summed E-state index contributed by atoms with van der Waals surface area (Å²) in [6, 6.07) is 80.9. The van der Waals surface area contributed by atoms with Crippen molar-refractivity contribution in [3.8, 4) is 39.4 Å². The molecular weight excluding hydrogens is 789 g/mol. The number of hydrogen-bond acceptors (Lipinski definition) is 2. The Labute approximate surface area is 378 Å². The van der Waals surface area contributed by atoms with E-state index in [4.69, 9.17) is 4.74 Å². The minimum Gasteiger partial charge on any atom is -0.457 e. The van der Waals surface area contributed by atoms with Gasteiger partial charge >= 0.3 is 0 Å². The Balaban J connectivity index is 1.09.